The molecule has 0 aliphatic carbocycles. The topological polar surface area (TPSA) is 63.5 Å². The second-order valence-corrected chi connectivity index (χ2v) is 2.60. The summed E-state index contributed by atoms with van der Waals surface area (Å²) in [4.78, 5) is 4.01. The number of rotatable bonds is 1. The van der Waals surface area contributed by atoms with E-state index in [4.69, 9.17) is 10.8 Å². The van der Waals surface area contributed by atoms with Crippen molar-refractivity contribution in [3.8, 4) is 0 Å². The first-order chi connectivity index (χ1) is 5.81. The fourth-order valence-corrected chi connectivity index (χ4v) is 1.20. The summed E-state index contributed by atoms with van der Waals surface area (Å²) < 4.78 is 1.79. The average molecular weight is 163 g/mol. The van der Waals surface area contributed by atoms with Gasteiger partial charge in [-0.3, -0.25) is 0 Å². The maximum atomic E-state index is 8.89. The highest BCUT2D eigenvalue weighted by atomic mass is 16.3. The number of aromatic nitrogens is 2. The molecule has 0 saturated heterocycles. The van der Waals surface area contributed by atoms with E-state index >= 15 is 0 Å². The minimum absolute atomic E-state index is 0.0413. The Morgan fingerprint density at radius 1 is 1.50 bits per heavy atom. The zero-order valence-electron chi connectivity index (χ0n) is 6.44. The van der Waals surface area contributed by atoms with E-state index in [2.05, 4.69) is 4.98 Å². The van der Waals surface area contributed by atoms with E-state index in [1.807, 2.05) is 6.07 Å². The molecule has 0 saturated carbocycles. The van der Waals surface area contributed by atoms with Crippen molar-refractivity contribution in [1.82, 2.24) is 9.38 Å². The van der Waals surface area contributed by atoms with Crippen LogP contribution < -0.4 is 5.73 Å². The fraction of sp³-hybridized carbons (Fsp3) is 0.125. The highest BCUT2D eigenvalue weighted by Gasteiger charge is 2.01. The minimum atomic E-state index is -0.0413. The second-order valence-electron chi connectivity index (χ2n) is 2.60. The van der Waals surface area contributed by atoms with E-state index in [9.17, 15) is 0 Å². The Kier molecular flexibility index (Phi) is 1.48. The molecule has 3 N–H and O–H groups in total. The van der Waals surface area contributed by atoms with Crippen LogP contribution in [-0.4, -0.2) is 14.5 Å². The first-order valence-electron chi connectivity index (χ1n) is 3.63. The van der Waals surface area contributed by atoms with Crippen LogP contribution in [-0.2, 0) is 6.61 Å². The summed E-state index contributed by atoms with van der Waals surface area (Å²) in [5.41, 5.74) is 7.82. The molecule has 2 aromatic heterocycles. The zero-order valence-corrected chi connectivity index (χ0v) is 6.44. The van der Waals surface area contributed by atoms with Crippen molar-refractivity contribution in [1.29, 1.82) is 0 Å². The summed E-state index contributed by atoms with van der Waals surface area (Å²) in [7, 11) is 0. The lowest BCUT2D eigenvalue weighted by molar-refractivity contribution is 0.279. The monoisotopic (exact) mass is 163 g/mol. The van der Waals surface area contributed by atoms with Crippen molar-refractivity contribution in [2.24, 2.45) is 0 Å². The number of hydrogen-bond acceptors (Lipinski definition) is 3. The number of aliphatic hydroxyl groups is 1. The molecule has 12 heavy (non-hydrogen) atoms. The normalized spacial score (nSPS) is 10.8. The van der Waals surface area contributed by atoms with Crippen molar-refractivity contribution in [3.05, 3.63) is 30.4 Å². The van der Waals surface area contributed by atoms with Crippen LogP contribution in [0.5, 0.6) is 0 Å². The summed E-state index contributed by atoms with van der Waals surface area (Å²) in [5, 5.41) is 8.89. The van der Waals surface area contributed by atoms with Crippen molar-refractivity contribution in [2.45, 2.75) is 6.61 Å². The van der Waals surface area contributed by atoms with Crippen LogP contribution in [0.2, 0.25) is 0 Å². The summed E-state index contributed by atoms with van der Waals surface area (Å²) >= 11 is 0. The summed E-state index contributed by atoms with van der Waals surface area (Å²) in [6, 6.07) is 3.63. The second kappa shape index (κ2) is 2.49. The van der Waals surface area contributed by atoms with Gasteiger partial charge in [0.2, 0.25) is 0 Å². The third-order valence-corrected chi connectivity index (χ3v) is 1.78. The molecule has 0 aliphatic heterocycles. The third-order valence-electron chi connectivity index (χ3n) is 1.78. The Morgan fingerprint density at radius 3 is 3.08 bits per heavy atom. The molecule has 4 heteroatoms. The van der Waals surface area contributed by atoms with Gasteiger partial charge in [-0.05, 0) is 12.1 Å². The summed E-state index contributed by atoms with van der Waals surface area (Å²) in [6.07, 6.45) is 3.40. The molecular weight excluding hydrogens is 154 g/mol. The van der Waals surface area contributed by atoms with E-state index in [1.54, 1.807) is 23.0 Å². The molecule has 0 aliphatic rings. The number of imidazole rings is 1. The number of nitrogens with zero attached hydrogens (tertiary/aromatic N) is 2. The van der Waals surface area contributed by atoms with Crippen LogP contribution in [0.3, 0.4) is 0 Å². The van der Waals surface area contributed by atoms with Gasteiger partial charge in [0.05, 0.1) is 24.1 Å². The van der Waals surface area contributed by atoms with Gasteiger partial charge in [0, 0.05) is 11.9 Å². The molecule has 4 nitrogen and oxygen atoms in total. The maximum absolute atomic E-state index is 8.89. The van der Waals surface area contributed by atoms with E-state index in [1.165, 1.54) is 0 Å². The number of hydrogen-bond donors (Lipinski definition) is 2. The number of nitrogen functional groups attached to an aromatic ring is 1. The summed E-state index contributed by atoms with van der Waals surface area (Å²) in [5.74, 6) is 0. The third kappa shape index (κ3) is 0.931. The molecular formula is C8H9N3O. The fourth-order valence-electron chi connectivity index (χ4n) is 1.20. The summed E-state index contributed by atoms with van der Waals surface area (Å²) in [6.45, 7) is -0.0413. The lowest BCUT2D eigenvalue weighted by atomic mass is 10.3. The van der Waals surface area contributed by atoms with Gasteiger partial charge < -0.3 is 15.2 Å². The van der Waals surface area contributed by atoms with Crippen molar-refractivity contribution in [2.75, 3.05) is 5.73 Å². The van der Waals surface area contributed by atoms with E-state index in [0.717, 1.165) is 5.52 Å². The largest absolute Gasteiger partial charge is 0.398 e. The smallest absolute Gasteiger partial charge is 0.0997 e. The highest BCUT2D eigenvalue weighted by molar-refractivity contribution is 5.55. The Morgan fingerprint density at radius 2 is 2.33 bits per heavy atom. The van der Waals surface area contributed by atoms with Gasteiger partial charge in [0.25, 0.3) is 0 Å². The highest BCUT2D eigenvalue weighted by Crippen LogP contribution is 2.11. The van der Waals surface area contributed by atoms with Gasteiger partial charge in [-0.15, -0.1) is 0 Å². The van der Waals surface area contributed by atoms with Crippen LogP contribution in [0.25, 0.3) is 5.52 Å². The molecule has 2 heterocycles. The van der Waals surface area contributed by atoms with Gasteiger partial charge in [-0.25, -0.2) is 4.98 Å². The van der Waals surface area contributed by atoms with Crippen LogP contribution in [0, 0.1) is 0 Å². The predicted octanol–water partition coefficient (Wildman–Crippen LogP) is 0.409. The van der Waals surface area contributed by atoms with Gasteiger partial charge in [-0.2, -0.15) is 0 Å². The van der Waals surface area contributed by atoms with E-state index < -0.39 is 0 Å². The molecule has 0 radical (unpaired) electrons. The van der Waals surface area contributed by atoms with Crippen molar-refractivity contribution >= 4 is 11.2 Å². The Balaban J connectivity index is 2.73. The standard InChI is InChI=1S/C8H9N3O/c9-6-1-2-8-7(4-12)10-5-11(8)3-6/h1-3,5,12H,4,9H2. The molecule has 0 fully saturated rings. The van der Waals surface area contributed by atoms with Crippen molar-refractivity contribution < 1.29 is 5.11 Å². The zero-order chi connectivity index (χ0) is 8.55. The minimum Gasteiger partial charge on any atom is -0.398 e. The van der Waals surface area contributed by atoms with Gasteiger partial charge in [-0.1, -0.05) is 0 Å². The van der Waals surface area contributed by atoms with Gasteiger partial charge in [0.15, 0.2) is 0 Å². The van der Waals surface area contributed by atoms with Crippen LogP contribution in [0.4, 0.5) is 5.69 Å². The van der Waals surface area contributed by atoms with Crippen LogP contribution >= 0.6 is 0 Å². The molecule has 2 rings (SSSR count). The van der Waals surface area contributed by atoms with Gasteiger partial charge >= 0.3 is 0 Å². The number of fused-ring (bicyclic) bond motifs is 1. The Labute approximate surface area is 69.3 Å². The lowest BCUT2D eigenvalue weighted by Gasteiger charge is -1.96. The van der Waals surface area contributed by atoms with E-state index in [-0.39, 0.29) is 6.61 Å². The van der Waals surface area contributed by atoms with Crippen LogP contribution in [0.1, 0.15) is 5.69 Å². The number of anilines is 1. The molecule has 2 aromatic rings. The first-order valence-corrected chi connectivity index (χ1v) is 3.63. The first kappa shape index (κ1) is 7.12. The van der Waals surface area contributed by atoms with Crippen LogP contribution in [0.15, 0.2) is 24.7 Å². The lowest BCUT2D eigenvalue weighted by Crippen LogP contribution is -1.90. The quantitative estimate of drug-likeness (QED) is 0.640. The average Bonchev–Trinajstić information content (AvgIpc) is 2.46. The molecule has 0 spiro atoms. The molecule has 0 atom stereocenters. The Bertz CT molecular complexity index is 408. The molecule has 0 aromatic carbocycles. The number of pyridine rings is 1. The molecule has 0 unspecified atom stereocenters. The predicted molar refractivity (Wildman–Crippen MR) is 45.5 cm³/mol. The SMILES string of the molecule is Nc1ccc2c(CO)ncn2c1. The molecule has 0 bridgehead atoms. The molecule has 0 amide bonds. The van der Waals surface area contributed by atoms with Gasteiger partial charge in [0.1, 0.15) is 0 Å². The van der Waals surface area contributed by atoms with E-state index in [0.29, 0.717) is 11.4 Å². The Hall–Kier alpha value is -1.55. The maximum Gasteiger partial charge on any atom is 0.0997 e. The van der Waals surface area contributed by atoms with Crippen molar-refractivity contribution in [3.63, 3.8) is 0 Å². The molecule has 62 valence electrons. The number of aliphatic hydroxyl groups excluding tert-OH is 1. The number of nitrogens with two attached hydrogens (primary N) is 1.